The molecule has 0 saturated carbocycles. The van der Waals surface area contributed by atoms with Crippen LogP contribution in [0, 0.1) is 12.8 Å². The number of nitrogens with zero attached hydrogens (tertiary/aromatic N) is 4. The zero-order valence-corrected chi connectivity index (χ0v) is 12.7. The molecule has 116 valence electrons. The topological polar surface area (TPSA) is 88.3 Å². The third-order valence-electron chi connectivity index (χ3n) is 3.29. The average Bonchev–Trinajstić information content (AvgIpc) is 2.96. The van der Waals surface area contributed by atoms with Crippen molar-refractivity contribution in [3.63, 3.8) is 0 Å². The Hall–Kier alpha value is -2.70. The fraction of sp³-hybridized carbons (Fsp3) is 0.333. The van der Waals surface area contributed by atoms with Gasteiger partial charge in [0.05, 0.1) is 17.8 Å². The summed E-state index contributed by atoms with van der Waals surface area (Å²) in [6, 6.07) is 7.66. The van der Waals surface area contributed by atoms with E-state index in [0.717, 1.165) is 11.3 Å². The fourth-order valence-corrected chi connectivity index (χ4v) is 2.03. The number of aromatic nitrogens is 3. The summed E-state index contributed by atoms with van der Waals surface area (Å²) in [4.78, 5) is 24.4. The third kappa shape index (κ3) is 3.49. The van der Waals surface area contributed by atoms with Gasteiger partial charge in [0.15, 0.2) is 5.69 Å². The largest absolute Gasteiger partial charge is 0.481 e. The molecule has 0 radical (unpaired) electrons. The van der Waals surface area contributed by atoms with Gasteiger partial charge >= 0.3 is 5.97 Å². The number of carbonyl (C=O) groups excluding carboxylic acids is 1. The highest BCUT2D eigenvalue weighted by Gasteiger charge is 2.20. The summed E-state index contributed by atoms with van der Waals surface area (Å²) < 4.78 is 1.52. The molecule has 0 fully saturated rings. The molecule has 22 heavy (non-hydrogen) atoms. The van der Waals surface area contributed by atoms with E-state index in [9.17, 15) is 9.59 Å². The number of hydrogen-bond acceptors (Lipinski definition) is 4. The number of carboxylic acids is 1. The van der Waals surface area contributed by atoms with Crippen LogP contribution in [0.1, 0.15) is 23.0 Å². The molecule has 0 aliphatic heterocycles. The molecule has 1 aromatic heterocycles. The number of carboxylic acid groups (broad SMARTS) is 1. The molecule has 7 heteroatoms. The van der Waals surface area contributed by atoms with E-state index in [1.54, 1.807) is 20.2 Å². The molecule has 0 aliphatic rings. The summed E-state index contributed by atoms with van der Waals surface area (Å²) in [5.41, 5.74) is 2.07. The Kier molecular flexibility index (Phi) is 4.55. The highest BCUT2D eigenvalue weighted by atomic mass is 16.4. The predicted molar refractivity (Wildman–Crippen MR) is 79.9 cm³/mol. The normalized spacial score (nSPS) is 12.0. The van der Waals surface area contributed by atoms with Crippen LogP contribution in [0.15, 0.2) is 30.5 Å². The lowest BCUT2D eigenvalue weighted by molar-refractivity contribution is -0.141. The highest BCUT2D eigenvalue weighted by molar-refractivity contribution is 5.92. The molecule has 1 amide bonds. The minimum absolute atomic E-state index is 0.117. The van der Waals surface area contributed by atoms with Crippen molar-refractivity contribution in [1.82, 2.24) is 19.9 Å². The molecule has 1 atom stereocenters. The van der Waals surface area contributed by atoms with E-state index in [2.05, 4.69) is 10.3 Å². The number of carbonyl (C=O) groups is 2. The van der Waals surface area contributed by atoms with E-state index in [1.165, 1.54) is 9.58 Å². The van der Waals surface area contributed by atoms with E-state index in [0.29, 0.717) is 0 Å². The van der Waals surface area contributed by atoms with Crippen molar-refractivity contribution in [2.24, 2.45) is 5.92 Å². The number of benzene rings is 1. The number of aryl methyl sites for hydroxylation is 1. The minimum atomic E-state index is -0.942. The van der Waals surface area contributed by atoms with Crippen molar-refractivity contribution in [1.29, 1.82) is 0 Å². The molecule has 0 spiro atoms. The van der Waals surface area contributed by atoms with Crippen LogP contribution in [0.4, 0.5) is 0 Å². The van der Waals surface area contributed by atoms with Gasteiger partial charge < -0.3 is 10.0 Å². The average molecular weight is 302 g/mol. The molecule has 1 aromatic carbocycles. The van der Waals surface area contributed by atoms with Crippen molar-refractivity contribution >= 4 is 11.9 Å². The van der Waals surface area contributed by atoms with Crippen molar-refractivity contribution in [2.75, 3.05) is 13.6 Å². The summed E-state index contributed by atoms with van der Waals surface area (Å²) in [5, 5.41) is 16.7. The zero-order valence-electron chi connectivity index (χ0n) is 12.7. The van der Waals surface area contributed by atoms with Gasteiger partial charge in [-0.25, -0.2) is 4.68 Å². The van der Waals surface area contributed by atoms with Gasteiger partial charge in [-0.15, -0.1) is 5.10 Å². The van der Waals surface area contributed by atoms with E-state index >= 15 is 0 Å². The first-order valence-electron chi connectivity index (χ1n) is 6.86. The summed E-state index contributed by atoms with van der Waals surface area (Å²) in [7, 11) is 1.55. The molecule has 0 aliphatic carbocycles. The molecule has 0 saturated heterocycles. The minimum Gasteiger partial charge on any atom is -0.481 e. The first-order chi connectivity index (χ1) is 10.4. The Balaban J connectivity index is 2.14. The van der Waals surface area contributed by atoms with E-state index < -0.39 is 11.9 Å². The van der Waals surface area contributed by atoms with Gasteiger partial charge in [-0.3, -0.25) is 9.59 Å². The Morgan fingerprint density at radius 1 is 1.41 bits per heavy atom. The number of aliphatic carboxylic acids is 1. The van der Waals surface area contributed by atoms with Gasteiger partial charge in [-0.05, 0) is 24.6 Å². The molecule has 1 unspecified atom stereocenters. The van der Waals surface area contributed by atoms with Crippen LogP contribution in [-0.2, 0) is 4.79 Å². The second-order valence-electron chi connectivity index (χ2n) is 5.31. The van der Waals surface area contributed by atoms with Crippen LogP contribution in [0.5, 0.6) is 0 Å². The molecule has 1 heterocycles. The summed E-state index contributed by atoms with van der Waals surface area (Å²) in [5.74, 6) is -1.93. The lowest BCUT2D eigenvalue weighted by Gasteiger charge is -2.17. The van der Waals surface area contributed by atoms with Gasteiger partial charge in [0.1, 0.15) is 0 Å². The summed E-state index contributed by atoms with van der Waals surface area (Å²) in [6.45, 7) is 3.63. The van der Waals surface area contributed by atoms with E-state index in [1.807, 2.05) is 31.2 Å². The molecular formula is C15H18N4O3. The predicted octanol–water partition coefficient (Wildman–Crippen LogP) is 1.37. The Morgan fingerprint density at radius 3 is 2.77 bits per heavy atom. The van der Waals surface area contributed by atoms with E-state index in [-0.39, 0.29) is 18.1 Å². The SMILES string of the molecule is Cc1cccc(-n2cc(C(=O)N(C)CC(C)C(=O)O)nn2)c1. The highest BCUT2D eigenvalue weighted by Crippen LogP contribution is 2.10. The van der Waals surface area contributed by atoms with Crippen LogP contribution >= 0.6 is 0 Å². The van der Waals surface area contributed by atoms with Crippen LogP contribution in [-0.4, -0.2) is 50.5 Å². The second-order valence-corrected chi connectivity index (χ2v) is 5.31. The smallest absolute Gasteiger partial charge is 0.308 e. The van der Waals surface area contributed by atoms with Gasteiger partial charge in [0.25, 0.3) is 5.91 Å². The maximum Gasteiger partial charge on any atom is 0.308 e. The van der Waals surface area contributed by atoms with Crippen LogP contribution in [0.25, 0.3) is 5.69 Å². The maximum atomic E-state index is 12.2. The number of amides is 1. The molecule has 7 nitrogen and oxygen atoms in total. The maximum absolute atomic E-state index is 12.2. The molecule has 2 rings (SSSR count). The molecule has 1 N–H and O–H groups in total. The van der Waals surface area contributed by atoms with Gasteiger partial charge in [0.2, 0.25) is 0 Å². The van der Waals surface area contributed by atoms with Gasteiger partial charge in [-0.1, -0.05) is 24.3 Å². The van der Waals surface area contributed by atoms with Gasteiger partial charge in [0, 0.05) is 13.6 Å². The van der Waals surface area contributed by atoms with Crippen molar-refractivity contribution < 1.29 is 14.7 Å². The molecule has 0 bridgehead atoms. The van der Waals surface area contributed by atoms with Crippen molar-refractivity contribution in [3.05, 3.63) is 41.7 Å². The standard InChI is InChI=1S/C15H18N4O3/c1-10-5-4-6-12(7-10)19-9-13(16-17-19)14(20)18(3)8-11(2)15(21)22/h4-7,9,11H,8H2,1-3H3,(H,21,22). The monoisotopic (exact) mass is 302 g/mol. The Bertz CT molecular complexity index is 696. The first kappa shape index (κ1) is 15.7. The van der Waals surface area contributed by atoms with Gasteiger partial charge in [-0.2, -0.15) is 0 Å². The number of hydrogen-bond donors (Lipinski definition) is 1. The fourth-order valence-electron chi connectivity index (χ4n) is 2.03. The first-order valence-corrected chi connectivity index (χ1v) is 6.86. The van der Waals surface area contributed by atoms with Crippen LogP contribution < -0.4 is 0 Å². The third-order valence-corrected chi connectivity index (χ3v) is 3.29. The van der Waals surface area contributed by atoms with Crippen LogP contribution in [0.3, 0.4) is 0 Å². The summed E-state index contributed by atoms with van der Waals surface area (Å²) >= 11 is 0. The zero-order chi connectivity index (χ0) is 16.3. The second kappa shape index (κ2) is 6.38. The van der Waals surface area contributed by atoms with Crippen molar-refractivity contribution in [3.8, 4) is 5.69 Å². The lowest BCUT2D eigenvalue weighted by Crippen LogP contribution is -2.33. The van der Waals surface area contributed by atoms with Crippen LogP contribution in [0.2, 0.25) is 0 Å². The molecular weight excluding hydrogens is 284 g/mol. The quantitative estimate of drug-likeness (QED) is 0.901. The number of rotatable bonds is 5. The van der Waals surface area contributed by atoms with Crippen molar-refractivity contribution in [2.45, 2.75) is 13.8 Å². The lowest BCUT2D eigenvalue weighted by atomic mass is 10.2. The Morgan fingerprint density at radius 2 is 2.14 bits per heavy atom. The summed E-state index contributed by atoms with van der Waals surface area (Å²) in [6.07, 6.45) is 1.54. The van der Waals surface area contributed by atoms with E-state index in [4.69, 9.17) is 5.11 Å². The Labute approximate surface area is 128 Å². The molecule has 2 aromatic rings.